The van der Waals surface area contributed by atoms with E-state index in [1.54, 1.807) is 0 Å². The number of rotatable bonds is 7. The van der Waals surface area contributed by atoms with Crippen molar-refractivity contribution in [3.63, 3.8) is 0 Å². The number of nitro benzene ring substituents is 1. The Morgan fingerprint density at radius 3 is 2.29 bits per heavy atom. The Kier molecular flexibility index (Phi) is 6.57. The number of sulfonamides is 1. The van der Waals surface area contributed by atoms with Crippen molar-refractivity contribution in [1.82, 2.24) is 5.32 Å². The van der Waals surface area contributed by atoms with Gasteiger partial charge in [0.1, 0.15) is 4.90 Å². The highest BCUT2D eigenvalue weighted by Gasteiger charge is 2.22. The van der Waals surface area contributed by atoms with Crippen LogP contribution in [-0.4, -0.2) is 19.2 Å². The Bertz CT molecular complexity index is 1220. The molecule has 160 valence electrons. The van der Waals surface area contributed by atoms with Crippen LogP contribution in [0.4, 0.5) is 11.4 Å². The molecule has 10 heteroatoms. The van der Waals surface area contributed by atoms with E-state index in [0.29, 0.717) is 5.56 Å². The Morgan fingerprint density at radius 1 is 1.03 bits per heavy atom. The number of carbonyl (C=O) groups excluding carboxylic acids is 1. The normalized spacial score (nSPS) is 12.1. The second kappa shape index (κ2) is 9.15. The summed E-state index contributed by atoms with van der Waals surface area (Å²) in [4.78, 5) is 22.3. The monoisotopic (exact) mass is 459 g/mol. The summed E-state index contributed by atoms with van der Waals surface area (Å²) in [5, 5.41) is 13.6. The number of halogens is 1. The van der Waals surface area contributed by atoms with Crippen molar-refractivity contribution >= 4 is 38.9 Å². The van der Waals surface area contributed by atoms with Crippen LogP contribution in [0.3, 0.4) is 0 Å². The summed E-state index contributed by atoms with van der Waals surface area (Å²) < 4.78 is 27.5. The van der Waals surface area contributed by atoms with Gasteiger partial charge in [-0.25, -0.2) is 8.42 Å². The topological polar surface area (TPSA) is 118 Å². The highest BCUT2D eigenvalue weighted by atomic mass is 35.5. The number of carbonyl (C=O) groups is 1. The maximum Gasteiger partial charge on any atom is 0.270 e. The summed E-state index contributed by atoms with van der Waals surface area (Å²) in [5.74, 6) is -0.313. The fourth-order valence-electron chi connectivity index (χ4n) is 2.82. The number of hydrogen-bond donors (Lipinski definition) is 2. The molecule has 3 rings (SSSR count). The number of nitro groups is 1. The van der Waals surface area contributed by atoms with Crippen molar-refractivity contribution in [2.75, 3.05) is 4.72 Å². The molecule has 0 saturated carbocycles. The van der Waals surface area contributed by atoms with Gasteiger partial charge in [-0.3, -0.25) is 19.6 Å². The first-order chi connectivity index (χ1) is 14.7. The van der Waals surface area contributed by atoms with Gasteiger partial charge in [0.05, 0.1) is 16.0 Å². The second-order valence-corrected chi connectivity index (χ2v) is 8.72. The van der Waals surface area contributed by atoms with Crippen molar-refractivity contribution in [3.05, 3.63) is 99.1 Å². The quantitative estimate of drug-likeness (QED) is 0.397. The lowest BCUT2D eigenvalue weighted by atomic mass is 10.1. The van der Waals surface area contributed by atoms with Crippen LogP contribution in [0.15, 0.2) is 77.7 Å². The summed E-state index contributed by atoms with van der Waals surface area (Å²) in [6.45, 7) is 1.86. The lowest BCUT2D eigenvalue weighted by Gasteiger charge is -2.14. The number of non-ortho nitro benzene ring substituents is 1. The van der Waals surface area contributed by atoms with E-state index < -0.39 is 25.5 Å². The van der Waals surface area contributed by atoms with E-state index >= 15 is 0 Å². The molecule has 2 N–H and O–H groups in total. The fraction of sp³-hybridized carbons (Fsp3) is 0.0952. The van der Waals surface area contributed by atoms with Gasteiger partial charge in [-0.15, -0.1) is 0 Å². The maximum absolute atomic E-state index is 12.6. The Balaban J connectivity index is 1.74. The average molecular weight is 460 g/mol. The Hall–Kier alpha value is -3.43. The average Bonchev–Trinajstić information content (AvgIpc) is 2.74. The summed E-state index contributed by atoms with van der Waals surface area (Å²) in [7, 11) is -4.18. The molecule has 0 saturated heterocycles. The summed E-state index contributed by atoms with van der Waals surface area (Å²) >= 11 is 5.92. The zero-order chi connectivity index (χ0) is 22.6. The standard InChI is InChI=1S/C21H18ClN3O5S/c1-14(15-5-3-2-4-6-15)23-21(26)16-7-9-17(10-8-16)24-31(29,30)20-13-18(25(27)28)11-12-19(20)22/h2-14,24H,1H3,(H,23,26)/t14-/m1/s1. The highest BCUT2D eigenvalue weighted by molar-refractivity contribution is 7.92. The molecule has 0 aliphatic rings. The molecule has 0 aromatic heterocycles. The first kappa shape index (κ1) is 22.3. The van der Waals surface area contributed by atoms with Gasteiger partial charge in [0, 0.05) is 23.4 Å². The van der Waals surface area contributed by atoms with Crippen molar-refractivity contribution in [3.8, 4) is 0 Å². The molecule has 1 atom stereocenters. The number of nitrogens with zero attached hydrogens (tertiary/aromatic N) is 1. The second-order valence-electron chi connectivity index (χ2n) is 6.66. The molecule has 0 heterocycles. The van der Waals surface area contributed by atoms with E-state index in [1.165, 1.54) is 24.3 Å². The van der Waals surface area contributed by atoms with E-state index in [0.717, 1.165) is 23.8 Å². The van der Waals surface area contributed by atoms with Crippen LogP contribution in [0.2, 0.25) is 5.02 Å². The molecule has 0 fully saturated rings. The largest absolute Gasteiger partial charge is 0.346 e. The van der Waals surface area contributed by atoms with Gasteiger partial charge < -0.3 is 5.32 Å². The molecule has 0 spiro atoms. The molecule has 0 bridgehead atoms. The van der Waals surface area contributed by atoms with Crippen LogP contribution >= 0.6 is 11.6 Å². The minimum Gasteiger partial charge on any atom is -0.346 e. The van der Waals surface area contributed by atoms with E-state index in [1.807, 2.05) is 37.3 Å². The Labute approximate surface area is 184 Å². The summed E-state index contributed by atoms with van der Waals surface area (Å²) in [6, 6.07) is 18.2. The minimum atomic E-state index is -4.18. The Morgan fingerprint density at radius 2 is 1.68 bits per heavy atom. The minimum absolute atomic E-state index is 0.149. The summed E-state index contributed by atoms with van der Waals surface area (Å²) in [5.41, 5.74) is 1.08. The highest BCUT2D eigenvalue weighted by Crippen LogP contribution is 2.28. The van der Waals surface area contributed by atoms with Crippen LogP contribution in [0, 0.1) is 10.1 Å². The molecule has 1 amide bonds. The predicted molar refractivity (Wildman–Crippen MR) is 118 cm³/mol. The zero-order valence-corrected chi connectivity index (χ0v) is 17.9. The molecule has 0 radical (unpaired) electrons. The number of nitrogens with one attached hydrogen (secondary N) is 2. The van der Waals surface area contributed by atoms with E-state index in [9.17, 15) is 23.3 Å². The SMILES string of the molecule is C[C@@H](NC(=O)c1ccc(NS(=O)(=O)c2cc([N+](=O)[O-])ccc2Cl)cc1)c1ccccc1. The van der Waals surface area contributed by atoms with Crippen LogP contribution in [0.25, 0.3) is 0 Å². The lowest BCUT2D eigenvalue weighted by Crippen LogP contribution is -2.26. The van der Waals surface area contributed by atoms with E-state index in [-0.39, 0.29) is 22.7 Å². The van der Waals surface area contributed by atoms with Gasteiger partial charge in [-0.2, -0.15) is 0 Å². The van der Waals surface area contributed by atoms with Crippen molar-refractivity contribution in [2.45, 2.75) is 17.9 Å². The molecule has 3 aromatic carbocycles. The molecule has 3 aromatic rings. The molecule has 0 aliphatic carbocycles. The molecular weight excluding hydrogens is 442 g/mol. The van der Waals surface area contributed by atoms with Crippen molar-refractivity contribution in [2.24, 2.45) is 0 Å². The first-order valence-electron chi connectivity index (χ1n) is 9.10. The fourth-order valence-corrected chi connectivity index (χ4v) is 4.40. The van der Waals surface area contributed by atoms with Gasteiger partial charge in [0.25, 0.3) is 21.6 Å². The molecule has 8 nitrogen and oxygen atoms in total. The van der Waals surface area contributed by atoms with Crippen LogP contribution < -0.4 is 10.0 Å². The van der Waals surface area contributed by atoms with Crippen LogP contribution in [0.1, 0.15) is 28.9 Å². The zero-order valence-electron chi connectivity index (χ0n) is 16.3. The smallest absolute Gasteiger partial charge is 0.270 e. The molecule has 0 unspecified atom stereocenters. The van der Waals surface area contributed by atoms with Crippen LogP contribution in [0.5, 0.6) is 0 Å². The van der Waals surface area contributed by atoms with Gasteiger partial charge >= 0.3 is 0 Å². The molecular formula is C21H18ClN3O5S. The van der Waals surface area contributed by atoms with E-state index in [2.05, 4.69) is 10.0 Å². The third-order valence-electron chi connectivity index (χ3n) is 4.46. The summed E-state index contributed by atoms with van der Waals surface area (Å²) in [6.07, 6.45) is 0. The molecule has 31 heavy (non-hydrogen) atoms. The predicted octanol–water partition coefficient (Wildman–Crippen LogP) is 4.54. The number of hydrogen-bond acceptors (Lipinski definition) is 5. The third kappa shape index (κ3) is 5.39. The van der Waals surface area contributed by atoms with Crippen molar-refractivity contribution in [1.29, 1.82) is 0 Å². The van der Waals surface area contributed by atoms with Gasteiger partial charge in [0.15, 0.2) is 0 Å². The van der Waals surface area contributed by atoms with Gasteiger partial charge in [-0.1, -0.05) is 41.9 Å². The van der Waals surface area contributed by atoms with E-state index in [4.69, 9.17) is 11.6 Å². The van der Waals surface area contributed by atoms with Gasteiger partial charge in [-0.05, 0) is 42.8 Å². The third-order valence-corrected chi connectivity index (χ3v) is 6.32. The number of benzene rings is 3. The first-order valence-corrected chi connectivity index (χ1v) is 11.0. The van der Waals surface area contributed by atoms with Crippen molar-refractivity contribution < 1.29 is 18.1 Å². The number of anilines is 1. The van der Waals surface area contributed by atoms with Gasteiger partial charge in [0.2, 0.25) is 0 Å². The number of amides is 1. The molecule has 0 aliphatic heterocycles. The lowest BCUT2D eigenvalue weighted by molar-refractivity contribution is -0.385. The van der Waals surface area contributed by atoms with Crippen LogP contribution in [-0.2, 0) is 10.0 Å². The maximum atomic E-state index is 12.6.